The van der Waals surface area contributed by atoms with Crippen LogP contribution in [0, 0.1) is 7.05 Å². The maximum Gasteiger partial charge on any atom is 0.0555 e. The molecule has 3 heteroatoms. The largest absolute Gasteiger partial charge is 0.395 e. The summed E-state index contributed by atoms with van der Waals surface area (Å²) in [7, 11) is 3.48. The first-order chi connectivity index (χ1) is 4.41. The molecule has 0 rings (SSSR count). The molecule has 0 aromatic heterocycles. The van der Waals surface area contributed by atoms with Gasteiger partial charge in [-0.2, -0.15) is 0 Å². The molecular formula is C6H15N2O. The van der Waals surface area contributed by atoms with E-state index in [4.69, 9.17) is 5.11 Å². The summed E-state index contributed by atoms with van der Waals surface area (Å²) in [5.41, 5.74) is 0. The van der Waals surface area contributed by atoms with Gasteiger partial charge >= 0.3 is 0 Å². The second-order valence-electron chi connectivity index (χ2n) is 1.83. The van der Waals surface area contributed by atoms with Crippen LogP contribution >= 0.6 is 0 Å². The van der Waals surface area contributed by atoms with Gasteiger partial charge in [0.25, 0.3) is 0 Å². The van der Waals surface area contributed by atoms with Crippen LogP contribution in [0.15, 0.2) is 0 Å². The average Bonchev–Trinajstić information content (AvgIpc) is 1.89. The molecule has 3 nitrogen and oxygen atoms in total. The number of nitrogens with one attached hydrogen (secondary N) is 2. The van der Waals surface area contributed by atoms with Crippen molar-refractivity contribution in [2.24, 2.45) is 0 Å². The molecule has 0 aliphatic carbocycles. The second-order valence-corrected chi connectivity index (χ2v) is 1.83. The van der Waals surface area contributed by atoms with E-state index in [-0.39, 0.29) is 6.61 Å². The topological polar surface area (TPSA) is 44.3 Å². The zero-order chi connectivity index (χ0) is 6.95. The van der Waals surface area contributed by atoms with Gasteiger partial charge in [-0.3, -0.25) is 0 Å². The van der Waals surface area contributed by atoms with E-state index in [1.165, 1.54) is 0 Å². The standard InChI is InChI=1S/C6H15N2O/c1-7-3-2-4-8-5-6-9/h7-9H,1-6H2. The summed E-state index contributed by atoms with van der Waals surface area (Å²) in [6.07, 6.45) is 1.06. The van der Waals surface area contributed by atoms with Gasteiger partial charge in [0.1, 0.15) is 0 Å². The lowest BCUT2D eigenvalue weighted by Crippen LogP contribution is -2.21. The summed E-state index contributed by atoms with van der Waals surface area (Å²) in [5, 5.41) is 14.2. The molecule has 0 bridgehead atoms. The van der Waals surface area contributed by atoms with Gasteiger partial charge in [-0.1, -0.05) is 0 Å². The lowest BCUT2D eigenvalue weighted by molar-refractivity contribution is 0.292. The zero-order valence-corrected chi connectivity index (χ0v) is 5.69. The molecule has 0 aromatic rings. The van der Waals surface area contributed by atoms with Crippen LogP contribution in [0.1, 0.15) is 6.42 Å². The molecule has 1 radical (unpaired) electrons. The van der Waals surface area contributed by atoms with Gasteiger partial charge < -0.3 is 15.7 Å². The van der Waals surface area contributed by atoms with Crippen LogP contribution in [0.5, 0.6) is 0 Å². The average molecular weight is 131 g/mol. The van der Waals surface area contributed by atoms with Crippen molar-refractivity contribution in [2.45, 2.75) is 6.42 Å². The van der Waals surface area contributed by atoms with E-state index >= 15 is 0 Å². The van der Waals surface area contributed by atoms with Crippen LogP contribution in [0.2, 0.25) is 0 Å². The maximum absolute atomic E-state index is 8.33. The van der Waals surface area contributed by atoms with E-state index in [0.29, 0.717) is 6.54 Å². The molecule has 55 valence electrons. The number of aliphatic hydroxyl groups excluding tert-OH is 1. The molecule has 9 heavy (non-hydrogen) atoms. The number of aliphatic hydroxyl groups is 1. The quantitative estimate of drug-likeness (QED) is 0.419. The van der Waals surface area contributed by atoms with E-state index in [1.807, 2.05) is 0 Å². The van der Waals surface area contributed by atoms with Crippen molar-refractivity contribution in [1.82, 2.24) is 10.6 Å². The molecule has 3 N–H and O–H groups in total. The summed E-state index contributed by atoms with van der Waals surface area (Å²) in [6, 6.07) is 0. The zero-order valence-electron chi connectivity index (χ0n) is 5.69. The Morgan fingerprint density at radius 1 is 1.22 bits per heavy atom. The van der Waals surface area contributed by atoms with Crippen LogP contribution in [0.4, 0.5) is 0 Å². The first-order valence-electron chi connectivity index (χ1n) is 3.23. The Bertz CT molecular complexity index is 44.3. The first kappa shape index (κ1) is 8.88. The molecule has 0 aliphatic heterocycles. The fraction of sp³-hybridized carbons (Fsp3) is 0.833. The smallest absolute Gasteiger partial charge is 0.0555 e. The molecule has 0 amide bonds. The summed E-state index contributed by atoms with van der Waals surface area (Å²) in [5.74, 6) is 0. The predicted molar refractivity (Wildman–Crippen MR) is 37.9 cm³/mol. The highest BCUT2D eigenvalue weighted by Crippen LogP contribution is 1.70. The summed E-state index contributed by atoms with van der Waals surface area (Å²) < 4.78 is 0. The third-order valence-electron chi connectivity index (χ3n) is 0.996. The van der Waals surface area contributed by atoms with E-state index < -0.39 is 0 Å². The minimum absolute atomic E-state index is 0.220. The molecule has 0 unspecified atom stereocenters. The summed E-state index contributed by atoms with van der Waals surface area (Å²) in [4.78, 5) is 0. The van der Waals surface area contributed by atoms with E-state index in [0.717, 1.165) is 19.5 Å². The van der Waals surface area contributed by atoms with E-state index in [1.54, 1.807) is 0 Å². The van der Waals surface area contributed by atoms with Gasteiger partial charge in [0.15, 0.2) is 0 Å². The van der Waals surface area contributed by atoms with Crippen molar-refractivity contribution in [1.29, 1.82) is 0 Å². The third kappa shape index (κ3) is 7.88. The van der Waals surface area contributed by atoms with Crippen molar-refractivity contribution in [2.75, 3.05) is 26.2 Å². The Hall–Kier alpha value is -0.120. The van der Waals surface area contributed by atoms with Gasteiger partial charge in [-0.15, -0.1) is 0 Å². The second kappa shape index (κ2) is 7.88. The Morgan fingerprint density at radius 3 is 2.56 bits per heavy atom. The monoisotopic (exact) mass is 131 g/mol. The number of rotatable bonds is 6. The minimum Gasteiger partial charge on any atom is -0.395 e. The maximum atomic E-state index is 8.33. The summed E-state index contributed by atoms with van der Waals surface area (Å²) in [6.45, 7) is 2.79. The molecule has 0 aromatic carbocycles. The van der Waals surface area contributed by atoms with Crippen LogP contribution in [-0.2, 0) is 0 Å². The van der Waals surface area contributed by atoms with Crippen LogP contribution in [0.25, 0.3) is 0 Å². The lowest BCUT2D eigenvalue weighted by atomic mass is 10.4. The van der Waals surface area contributed by atoms with Gasteiger partial charge in [0.05, 0.1) is 6.61 Å². The van der Waals surface area contributed by atoms with E-state index in [2.05, 4.69) is 17.7 Å². The van der Waals surface area contributed by atoms with Crippen LogP contribution in [-0.4, -0.2) is 31.3 Å². The Morgan fingerprint density at radius 2 is 2.00 bits per heavy atom. The fourth-order valence-electron chi connectivity index (χ4n) is 0.542. The van der Waals surface area contributed by atoms with Crippen molar-refractivity contribution < 1.29 is 5.11 Å². The van der Waals surface area contributed by atoms with Crippen LogP contribution < -0.4 is 10.6 Å². The molecule has 0 spiro atoms. The van der Waals surface area contributed by atoms with Crippen LogP contribution in [0.3, 0.4) is 0 Å². The van der Waals surface area contributed by atoms with E-state index in [9.17, 15) is 0 Å². The summed E-state index contributed by atoms with van der Waals surface area (Å²) >= 11 is 0. The molecule has 0 aliphatic rings. The highest BCUT2D eigenvalue weighted by Gasteiger charge is 1.83. The normalized spacial score (nSPS) is 10.0. The molecule has 0 saturated heterocycles. The van der Waals surface area contributed by atoms with Gasteiger partial charge in [0, 0.05) is 13.6 Å². The SMILES string of the molecule is [CH2]NCCCNCCO. The predicted octanol–water partition coefficient (Wildman–Crippen LogP) is -0.660. The Balaban J connectivity index is 2.60. The molecule has 0 fully saturated rings. The Labute approximate surface area is 56.5 Å². The molecule has 0 heterocycles. The van der Waals surface area contributed by atoms with Gasteiger partial charge in [-0.05, 0) is 19.5 Å². The highest BCUT2D eigenvalue weighted by atomic mass is 16.3. The minimum atomic E-state index is 0.220. The number of hydrogen-bond donors (Lipinski definition) is 3. The molecule has 0 saturated carbocycles. The fourth-order valence-corrected chi connectivity index (χ4v) is 0.542. The Kier molecular flexibility index (Phi) is 7.77. The van der Waals surface area contributed by atoms with Crippen molar-refractivity contribution >= 4 is 0 Å². The first-order valence-corrected chi connectivity index (χ1v) is 3.23. The highest BCUT2D eigenvalue weighted by molar-refractivity contribution is 4.48. The molecular weight excluding hydrogens is 116 g/mol. The third-order valence-corrected chi connectivity index (χ3v) is 0.996. The van der Waals surface area contributed by atoms with Crippen molar-refractivity contribution in [3.8, 4) is 0 Å². The van der Waals surface area contributed by atoms with Gasteiger partial charge in [-0.25, -0.2) is 0 Å². The molecule has 0 atom stereocenters. The van der Waals surface area contributed by atoms with Crippen molar-refractivity contribution in [3.05, 3.63) is 7.05 Å². The van der Waals surface area contributed by atoms with Crippen molar-refractivity contribution in [3.63, 3.8) is 0 Å². The lowest BCUT2D eigenvalue weighted by Gasteiger charge is -2.00. The number of hydrogen-bond acceptors (Lipinski definition) is 3. The van der Waals surface area contributed by atoms with Gasteiger partial charge in [0.2, 0.25) is 0 Å².